The van der Waals surface area contributed by atoms with Gasteiger partial charge in [-0.05, 0) is 49.3 Å². The first kappa shape index (κ1) is 16.7. The van der Waals surface area contributed by atoms with Crippen LogP contribution in [-0.4, -0.2) is 22.7 Å². The van der Waals surface area contributed by atoms with Gasteiger partial charge in [0.25, 0.3) is 5.56 Å². The van der Waals surface area contributed by atoms with Gasteiger partial charge in [0.05, 0.1) is 12.1 Å². The number of aryl methyl sites for hydroxylation is 2. The van der Waals surface area contributed by atoms with Gasteiger partial charge in [0, 0.05) is 18.2 Å². The molecule has 0 radical (unpaired) electrons. The Morgan fingerprint density at radius 2 is 1.95 bits per heavy atom. The summed E-state index contributed by atoms with van der Waals surface area (Å²) in [5, 5.41) is 13.8. The number of rotatable bonds is 6. The molecule has 0 fully saturated rings. The number of pyridine rings is 1. The minimum absolute atomic E-state index is 0.0225. The Kier molecular flexibility index (Phi) is 5.37. The Morgan fingerprint density at radius 3 is 2.59 bits per heavy atom. The lowest BCUT2D eigenvalue weighted by molar-refractivity contribution is 0.223. The molecule has 1 atom stereocenters. The molecule has 0 spiro atoms. The van der Waals surface area contributed by atoms with Crippen LogP contribution in [0.3, 0.4) is 0 Å². The fourth-order valence-corrected chi connectivity index (χ4v) is 2.91. The van der Waals surface area contributed by atoms with Gasteiger partial charge in [0.1, 0.15) is 0 Å². The number of fused-ring (bicyclic) bond motifs is 1. The molecule has 1 aromatic heterocycles. The van der Waals surface area contributed by atoms with Crippen LogP contribution in [0.1, 0.15) is 37.0 Å². The summed E-state index contributed by atoms with van der Waals surface area (Å²) < 4.78 is 0. The summed E-state index contributed by atoms with van der Waals surface area (Å²) in [6, 6.07) is 6.12. The largest absolute Gasteiger partial charge is 0.395 e. The van der Waals surface area contributed by atoms with Crippen LogP contribution in [0.25, 0.3) is 10.9 Å². The third-order valence-electron chi connectivity index (χ3n) is 3.93. The number of H-pyrrole nitrogens is 1. The van der Waals surface area contributed by atoms with E-state index in [0.717, 1.165) is 22.9 Å². The van der Waals surface area contributed by atoms with Crippen molar-refractivity contribution in [2.45, 2.75) is 46.7 Å². The Bertz CT molecular complexity index is 704. The first-order valence-corrected chi connectivity index (χ1v) is 7.88. The molecule has 4 nitrogen and oxygen atoms in total. The molecule has 0 aliphatic carbocycles. The molecule has 22 heavy (non-hydrogen) atoms. The van der Waals surface area contributed by atoms with Gasteiger partial charge in [-0.15, -0.1) is 0 Å². The van der Waals surface area contributed by atoms with Crippen molar-refractivity contribution in [3.8, 4) is 0 Å². The average molecular weight is 302 g/mol. The third kappa shape index (κ3) is 3.96. The van der Waals surface area contributed by atoms with Crippen LogP contribution in [0.4, 0.5) is 0 Å². The molecule has 0 unspecified atom stereocenters. The van der Waals surface area contributed by atoms with Crippen LogP contribution in [-0.2, 0) is 6.54 Å². The Morgan fingerprint density at radius 1 is 1.23 bits per heavy atom. The molecule has 2 rings (SSSR count). The number of hydrogen-bond donors (Lipinski definition) is 3. The summed E-state index contributed by atoms with van der Waals surface area (Å²) in [5.41, 5.74) is 3.82. The predicted octanol–water partition coefficient (Wildman–Crippen LogP) is 2.64. The van der Waals surface area contributed by atoms with Gasteiger partial charge in [-0.3, -0.25) is 4.79 Å². The summed E-state index contributed by atoms with van der Waals surface area (Å²) in [4.78, 5) is 15.2. The number of aliphatic hydroxyl groups excluding tert-OH is 1. The number of benzene rings is 1. The van der Waals surface area contributed by atoms with E-state index in [0.29, 0.717) is 18.0 Å². The molecule has 0 amide bonds. The van der Waals surface area contributed by atoms with Gasteiger partial charge < -0.3 is 15.4 Å². The number of aromatic nitrogens is 1. The van der Waals surface area contributed by atoms with Crippen molar-refractivity contribution in [1.29, 1.82) is 0 Å². The summed E-state index contributed by atoms with van der Waals surface area (Å²) in [6.45, 7) is 8.86. The Hall–Kier alpha value is -1.65. The molecule has 4 heteroatoms. The fourth-order valence-electron chi connectivity index (χ4n) is 2.91. The van der Waals surface area contributed by atoms with E-state index >= 15 is 0 Å². The van der Waals surface area contributed by atoms with E-state index in [4.69, 9.17) is 0 Å². The number of hydrogen-bond acceptors (Lipinski definition) is 3. The zero-order chi connectivity index (χ0) is 16.3. The van der Waals surface area contributed by atoms with Crippen LogP contribution in [0, 0.1) is 19.8 Å². The summed E-state index contributed by atoms with van der Waals surface area (Å²) in [6.07, 6.45) is 0.889. The van der Waals surface area contributed by atoms with Crippen molar-refractivity contribution in [2.75, 3.05) is 6.61 Å². The monoisotopic (exact) mass is 302 g/mol. The molecule has 0 bridgehead atoms. The molecule has 1 heterocycles. The van der Waals surface area contributed by atoms with E-state index in [1.165, 1.54) is 5.56 Å². The van der Waals surface area contributed by atoms with Crippen LogP contribution in [0.5, 0.6) is 0 Å². The highest BCUT2D eigenvalue weighted by Crippen LogP contribution is 2.18. The molecular formula is C18H26N2O2. The highest BCUT2D eigenvalue weighted by atomic mass is 16.3. The molecule has 0 saturated heterocycles. The van der Waals surface area contributed by atoms with E-state index in [2.05, 4.69) is 43.2 Å². The van der Waals surface area contributed by atoms with Crippen molar-refractivity contribution in [3.05, 3.63) is 45.2 Å². The average Bonchev–Trinajstić information content (AvgIpc) is 2.44. The lowest BCUT2D eigenvalue weighted by atomic mass is 10.0. The fraction of sp³-hybridized carbons (Fsp3) is 0.500. The third-order valence-corrected chi connectivity index (χ3v) is 3.93. The van der Waals surface area contributed by atoms with E-state index < -0.39 is 0 Å². The van der Waals surface area contributed by atoms with Crippen molar-refractivity contribution in [3.63, 3.8) is 0 Å². The molecule has 2 aromatic rings. The second kappa shape index (κ2) is 7.07. The number of nitrogens with one attached hydrogen (secondary N) is 2. The van der Waals surface area contributed by atoms with Crippen molar-refractivity contribution < 1.29 is 5.11 Å². The van der Waals surface area contributed by atoms with Gasteiger partial charge in [0.2, 0.25) is 0 Å². The Balaban J connectivity index is 2.24. The highest BCUT2D eigenvalue weighted by molar-refractivity contribution is 5.82. The van der Waals surface area contributed by atoms with Crippen molar-refractivity contribution >= 4 is 10.9 Å². The molecule has 0 aliphatic rings. The van der Waals surface area contributed by atoms with Crippen molar-refractivity contribution in [2.24, 2.45) is 5.92 Å². The van der Waals surface area contributed by atoms with Crippen LogP contribution in [0.2, 0.25) is 0 Å². The quantitative estimate of drug-likeness (QED) is 0.768. The standard InChI is InChI=1S/C18H26N2O2/c1-11(2)5-16(10-21)19-9-15-8-14-7-12(3)6-13(4)17(14)20-18(15)22/h6-8,11,16,19,21H,5,9-10H2,1-4H3,(H,20,22)/t16-/m1/s1. The molecular weight excluding hydrogens is 276 g/mol. The second-order valence-corrected chi connectivity index (χ2v) is 6.56. The van der Waals surface area contributed by atoms with Crippen molar-refractivity contribution in [1.82, 2.24) is 10.3 Å². The Labute approximate surface area is 131 Å². The van der Waals surface area contributed by atoms with Gasteiger partial charge in [0.15, 0.2) is 0 Å². The maximum atomic E-state index is 12.2. The smallest absolute Gasteiger partial charge is 0.252 e. The first-order valence-electron chi connectivity index (χ1n) is 7.88. The van der Waals surface area contributed by atoms with Crippen LogP contribution >= 0.6 is 0 Å². The minimum Gasteiger partial charge on any atom is -0.395 e. The molecule has 0 aliphatic heterocycles. The molecule has 0 saturated carbocycles. The predicted molar refractivity (Wildman–Crippen MR) is 91.2 cm³/mol. The minimum atomic E-state index is -0.0619. The topological polar surface area (TPSA) is 65.1 Å². The van der Waals surface area contributed by atoms with E-state index in [1.54, 1.807) is 0 Å². The first-order chi connectivity index (χ1) is 10.4. The van der Waals surface area contributed by atoms with Gasteiger partial charge in [-0.25, -0.2) is 0 Å². The lowest BCUT2D eigenvalue weighted by Gasteiger charge is -2.18. The lowest BCUT2D eigenvalue weighted by Crippen LogP contribution is -2.34. The zero-order valence-corrected chi connectivity index (χ0v) is 13.9. The highest BCUT2D eigenvalue weighted by Gasteiger charge is 2.11. The summed E-state index contributed by atoms with van der Waals surface area (Å²) >= 11 is 0. The van der Waals surface area contributed by atoms with E-state index in [9.17, 15) is 9.90 Å². The van der Waals surface area contributed by atoms with Crippen LogP contribution < -0.4 is 10.9 Å². The molecule has 1 aromatic carbocycles. The second-order valence-electron chi connectivity index (χ2n) is 6.56. The SMILES string of the molecule is Cc1cc(C)c2[nH]c(=O)c(CN[C@@H](CO)CC(C)C)cc2c1. The molecule has 120 valence electrons. The summed E-state index contributed by atoms with van der Waals surface area (Å²) in [7, 11) is 0. The summed E-state index contributed by atoms with van der Waals surface area (Å²) in [5.74, 6) is 0.504. The maximum Gasteiger partial charge on any atom is 0.252 e. The zero-order valence-electron chi connectivity index (χ0n) is 13.9. The van der Waals surface area contributed by atoms with Gasteiger partial charge in [-0.2, -0.15) is 0 Å². The number of aliphatic hydroxyl groups is 1. The normalized spacial score (nSPS) is 13.0. The van der Waals surface area contributed by atoms with Gasteiger partial charge >= 0.3 is 0 Å². The van der Waals surface area contributed by atoms with E-state index in [-0.39, 0.29) is 18.2 Å². The van der Waals surface area contributed by atoms with Crippen LogP contribution in [0.15, 0.2) is 23.0 Å². The van der Waals surface area contributed by atoms with Gasteiger partial charge in [-0.1, -0.05) is 25.5 Å². The molecule has 3 N–H and O–H groups in total. The maximum absolute atomic E-state index is 12.2. The number of aromatic amines is 1. The van der Waals surface area contributed by atoms with E-state index in [1.807, 2.05) is 13.0 Å².